The molecule has 22 heavy (non-hydrogen) atoms. The normalized spacial score (nSPS) is 10.2. The number of amides is 1. The van der Waals surface area contributed by atoms with E-state index in [1.54, 1.807) is 23.9 Å². The van der Waals surface area contributed by atoms with Crippen LogP contribution in [0.25, 0.3) is 0 Å². The number of carbonyl (C=O) groups excluding carboxylic acids is 1. The number of nitrogens with zero attached hydrogens (tertiary/aromatic N) is 1. The third-order valence-corrected chi connectivity index (χ3v) is 4.79. The zero-order chi connectivity index (χ0) is 15.9. The minimum Gasteiger partial charge on any atom is -0.326 e. The molecule has 0 unspecified atom stereocenters. The lowest BCUT2D eigenvalue weighted by molar-refractivity contribution is -0.384. The Hall–Kier alpha value is -1.86. The maximum absolute atomic E-state index is 11.9. The number of carbonyl (C=O) groups is 1. The van der Waals surface area contributed by atoms with E-state index < -0.39 is 4.92 Å². The van der Waals surface area contributed by atoms with Crippen LogP contribution < -0.4 is 5.32 Å². The first kappa shape index (κ1) is 16.5. The Balaban J connectivity index is 1.84. The second-order valence-electron chi connectivity index (χ2n) is 4.38. The number of anilines is 1. The van der Waals surface area contributed by atoms with E-state index in [4.69, 9.17) is 0 Å². The first-order valence-corrected chi connectivity index (χ1v) is 8.26. The average Bonchev–Trinajstić information content (AvgIpc) is 2.49. The molecule has 1 amide bonds. The molecule has 7 heteroatoms. The summed E-state index contributed by atoms with van der Waals surface area (Å²) in [4.78, 5) is 23.1. The second kappa shape index (κ2) is 7.95. The monoisotopic (exact) mass is 380 g/mol. The summed E-state index contributed by atoms with van der Waals surface area (Å²) in [6, 6.07) is 13.7. The van der Waals surface area contributed by atoms with Crippen LogP contribution in [0, 0.1) is 10.1 Å². The molecule has 0 spiro atoms. The molecule has 0 radical (unpaired) electrons. The average molecular weight is 381 g/mol. The molecule has 0 saturated heterocycles. The van der Waals surface area contributed by atoms with Crippen molar-refractivity contribution >= 4 is 45.0 Å². The lowest BCUT2D eigenvalue weighted by Crippen LogP contribution is -2.12. The zero-order valence-corrected chi connectivity index (χ0v) is 13.9. The standard InChI is InChI=1S/C15H13BrN2O3S/c16-13-6-1-2-7-14(13)22-9-8-15(19)17-11-4-3-5-12(10-11)18(20)21/h1-7,10H,8-9H2,(H,17,19). The number of thioether (sulfide) groups is 1. The fraction of sp³-hybridized carbons (Fsp3) is 0.133. The summed E-state index contributed by atoms with van der Waals surface area (Å²) in [7, 11) is 0. The number of hydrogen-bond acceptors (Lipinski definition) is 4. The van der Waals surface area contributed by atoms with Crippen LogP contribution in [0.5, 0.6) is 0 Å². The highest BCUT2D eigenvalue weighted by atomic mass is 79.9. The van der Waals surface area contributed by atoms with E-state index in [2.05, 4.69) is 21.2 Å². The van der Waals surface area contributed by atoms with E-state index in [-0.39, 0.29) is 11.6 Å². The number of halogens is 1. The van der Waals surface area contributed by atoms with Gasteiger partial charge < -0.3 is 5.32 Å². The molecule has 114 valence electrons. The highest BCUT2D eigenvalue weighted by molar-refractivity contribution is 9.10. The topological polar surface area (TPSA) is 72.2 Å². The first-order chi connectivity index (χ1) is 10.6. The summed E-state index contributed by atoms with van der Waals surface area (Å²) in [6.07, 6.45) is 0.328. The summed E-state index contributed by atoms with van der Waals surface area (Å²) < 4.78 is 0.999. The van der Waals surface area contributed by atoms with Crippen molar-refractivity contribution in [2.75, 3.05) is 11.1 Å². The van der Waals surface area contributed by atoms with Gasteiger partial charge in [-0.05, 0) is 34.1 Å². The van der Waals surface area contributed by atoms with Gasteiger partial charge in [0.25, 0.3) is 5.69 Å². The largest absolute Gasteiger partial charge is 0.326 e. The molecule has 0 heterocycles. The summed E-state index contributed by atoms with van der Waals surface area (Å²) in [6.45, 7) is 0. The second-order valence-corrected chi connectivity index (χ2v) is 6.38. The molecule has 0 aliphatic carbocycles. The number of nitro benzene ring substituents is 1. The number of nitro groups is 1. The fourth-order valence-corrected chi connectivity index (χ4v) is 3.25. The summed E-state index contributed by atoms with van der Waals surface area (Å²) in [5.74, 6) is 0.462. The van der Waals surface area contributed by atoms with Crippen molar-refractivity contribution in [2.45, 2.75) is 11.3 Å². The lowest BCUT2D eigenvalue weighted by atomic mass is 10.3. The summed E-state index contributed by atoms with van der Waals surface area (Å²) in [5.41, 5.74) is 0.394. The molecule has 2 aromatic carbocycles. The summed E-state index contributed by atoms with van der Waals surface area (Å²) >= 11 is 5.03. The molecule has 0 atom stereocenters. The van der Waals surface area contributed by atoms with Crippen molar-refractivity contribution < 1.29 is 9.72 Å². The molecule has 0 aliphatic rings. The van der Waals surface area contributed by atoms with Gasteiger partial charge in [0, 0.05) is 39.4 Å². The number of nitrogens with one attached hydrogen (secondary N) is 1. The van der Waals surface area contributed by atoms with Crippen LogP contribution in [0.2, 0.25) is 0 Å². The van der Waals surface area contributed by atoms with E-state index in [1.807, 2.05) is 24.3 Å². The molecular formula is C15H13BrN2O3S. The molecular weight excluding hydrogens is 368 g/mol. The third-order valence-electron chi connectivity index (χ3n) is 2.76. The van der Waals surface area contributed by atoms with Crippen molar-refractivity contribution in [2.24, 2.45) is 0 Å². The molecule has 0 bridgehead atoms. The molecule has 0 aromatic heterocycles. The molecule has 5 nitrogen and oxygen atoms in total. The van der Waals surface area contributed by atoms with Crippen LogP contribution >= 0.6 is 27.7 Å². The van der Waals surface area contributed by atoms with E-state index >= 15 is 0 Å². The third kappa shape index (κ3) is 4.85. The van der Waals surface area contributed by atoms with Gasteiger partial charge in [0.1, 0.15) is 0 Å². The SMILES string of the molecule is O=C(CCSc1ccccc1Br)Nc1cccc([N+](=O)[O-])c1. The zero-order valence-electron chi connectivity index (χ0n) is 11.5. The Bertz CT molecular complexity index is 694. The van der Waals surface area contributed by atoms with Crippen molar-refractivity contribution in [1.29, 1.82) is 0 Å². The maximum Gasteiger partial charge on any atom is 0.271 e. The number of non-ortho nitro benzene ring substituents is 1. The highest BCUT2D eigenvalue weighted by Gasteiger charge is 2.08. The smallest absolute Gasteiger partial charge is 0.271 e. The van der Waals surface area contributed by atoms with Crippen molar-refractivity contribution in [3.8, 4) is 0 Å². The maximum atomic E-state index is 11.9. The van der Waals surface area contributed by atoms with Crippen LogP contribution in [0.1, 0.15) is 6.42 Å². The lowest BCUT2D eigenvalue weighted by Gasteiger charge is -2.06. The van der Waals surface area contributed by atoms with Gasteiger partial charge in [-0.25, -0.2) is 0 Å². The van der Waals surface area contributed by atoms with Gasteiger partial charge in [0.05, 0.1) is 4.92 Å². The molecule has 2 rings (SSSR count). The highest BCUT2D eigenvalue weighted by Crippen LogP contribution is 2.27. The number of hydrogen-bond donors (Lipinski definition) is 1. The number of benzene rings is 2. The quantitative estimate of drug-likeness (QED) is 0.455. The van der Waals surface area contributed by atoms with Gasteiger partial charge in [0.15, 0.2) is 0 Å². The van der Waals surface area contributed by atoms with Crippen LogP contribution in [-0.2, 0) is 4.79 Å². The minimum absolute atomic E-state index is 0.0413. The summed E-state index contributed by atoms with van der Waals surface area (Å²) in [5, 5.41) is 13.4. The van der Waals surface area contributed by atoms with Gasteiger partial charge in [0.2, 0.25) is 5.91 Å². The fourth-order valence-electron chi connectivity index (χ4n) is 1.74. The Morgan fingerprint density at radius 3 is 2.73 bits per heavy atom. The van der Waals surface area contributed by atoms with E-state index in [0.717, 1.165) is 9.37 Å². The van der Waals surface area contributed by atoms with Crippen LogP contribution in [-0.4, -0.2) is 16.6 Å². The van der Waals surface area contributed by atoms with Gasteiger partial charge in [-0.15, -0.1) is 11.8 Å². The van der Waals surface area contributed by atoms with Crippen LogP contribution in [0.3, 0.4) is 0 Å². The van der Waals surface area contributed by atoms with Crippen molar-refractivity contribution in [1.82, 2.24) is 0 Å². The van der Waals surface area contributed by atoms with Crippen LogP contribution in [0.4, 0.5) is 11.4 Å². The predicted molar refractivity (Wildman–Crippen MR) is 91.2 cm³/mol. The van der Waals surface area contributed by atoms with Crippen molar-refractivity contribution in [3.05, 3.63) is 63.1 Å². The first-order valence-electron chi connectivity index (χ1n) is 6.48. The number of rotatable bonds is 6. The molecule has 0 aliphatic heterocycles. The van der Waals surface area contributed by atoms with Gasteiger partial charge >= 0.3 is 0 Å². The van der Waals surface area contributed by atoms with E-state index in [1.165, 1.54) is 12.1 Å². The van der Waals surface area contributed by atoms with Gasteiger partial charge in [-0.2, -0.15) is 0 Å². The van der Waals surface area contributed by atoms with Gasteiger partial charge in [-0.3, -0.25) is 14.9 Å². The molecule has 2 aromatic rings. The predicted octanol–water partition coefficient (Wildman–Crippen LogP) is 4.48. The minimum atomic E-state index is -0.488. The van der Waals surface area contributed by atoms with Crippen LogP contribution in [0.15, 0.2) is 57.9 Å². The Morgan fingerprint density at radius 2 is 2.00 bits per heavy atom. The Labute approximate surface area is 140 Å². The molecule has 1 N–H and O–H groups in total. The Morgan fingerprint density at radius 1 is 1.23 bits per heavy atom. The molecule has 0 fully saturated rings. The van der Waals surface area contributed by atoms with E-state index in [0.29, 0.717) is 17.9 Å². The van der Waals surface area contributed by atoms with Gasteiger partial charge in [-0.1, -0.05) is 18.2 Å². The molecule has 0 saturated carbocycles. The Kier molecular flexibility index (Phi) is 5.97. The van der Waals surface area contributed by atoms with E-state index in [9.17, 15) is 14.9 Å². The van der Waals surface area contributed by atoms with Crippen molar-refractivity contribution in [3.63, 3.8) is 0 Å².